The van der Waals surface area contributed by atoms with Crippen molar-refractivity contribution in [3.8, 4) is 0 Å². The second-order valence-electron chi connectivity index (χ2n) is 7.42. The molecule has 1 aliphatic carbocycles. The van der Waals surface area contributed by atoms with Gasteiger partial charge in [-0.25, -0.2) is 6.04 Å². The maximum atomic E-state index is 11.9. The van der Waals surface area contributed by atoms with Crippen LogP contribution in [0.3, 0.4) is 0 Å². The summed E-state index contributed by atoms with van der Waals surface area (Å²) in [5, 5.41) is 6.31. The molecule has 1 aliphatic rings. The van der Waals surface area contributed by atoms with E-state index in [4.69, 9.17) is 0 Å². The average Bonchev–Trinajstić information content (AvgIpc) is 2.57. The molecule has 0 aromatic carbocycles. The molecule has 0 aromatic heterocycles. The van der Waals surface area contributed by atoms with Crippen molar-refractivity contribution in [1.82, 2.24) is 10.6 Å². The summed E-state index contributed by atoms with van der Waals surface area (Å²) in [5.74, 6) is 0.204. The Labute approximate surface area is 184 Å². The molecule has 0 aliphatic heterocycles. The Morgan fingerprint density at radius 2 is 1.48 bits per heavy atom. The van der Waals surface area contributed by atoms with Crippen molar-refractivity contribution in [1.29, 1.82) is 0 Å². The first-order chi connectivity index (χ1) is 11.5. The topological polar surface area (TPSA) is 58.2 Å². The molecule has 0 saturated heterocycles. The third kappa shape index (κ3) is 11.3. The van der Waals surface area contributed by atoms with E-state index in [0.29, 0.717) is 12.8 Å². The van der Waals surface area contributed by atoms with E-state index < -0.39 is 0 Å². The zero-order valence-corrected chi connectivity index (χ0v) is 20.2. The predicted octanol–water partition coefficient (Wildman–Crippen LogP) is 5.39. The second-order valence-corrected chi connectivity index (χ2v) is 7.42. The number of rotatable bonds is 10. The molecule has 0 spiro atoms. The fourth-order valence-electron chi connectivity index (χ4n) is 3.91. The molecule has 1 radical (unpaired) electrons. The molecule has 0 aromatic rings. The molecule has 1 rings (SSSR count). The number of amides is 2. The quantitative estimate of drug-likeness (QED) is 0.371. The molecule has 5 heteroatoms. The number of hydrogen-bond acceptors (Lipinski definition) is 2. The molecule has 27 heavy (non-hydrogen) atoms. The maximum absolute atomic E-state index is 11.9. The zero-order valence-electron chi connectivity index (χ0n) is 18.7. The third-order valence-corrected chi connectivity index (χ3v) is 5.21. The fraction of sp³-hybridized carbons (Fsp3) is 0.773. The van der Waals surface area contributed by atoms with Gasteiger partial charge in [0.25, 0.3) is 0 Å². The van der Waals surface area contributed by atoms with E-state index in [-0.39, 0.29) is 59.8 Å². The van der Waals surface area contributed by atoms with Crippen LogP contribution in [0.5, 0.6) is 0 Å². The van der Waals surface area contributed by atoms with Crippen molar-refractivity contribution in [2.24, 2.45) is 5.41 Å². The molecule has 0 bridgehead atoms. The summed E-state index contributed by atoms with van der Waals surface area (Å²) in [6, 6.07) is 1.29. The van der Waals surface area contributed by atoms with E-state index in [0.717, 1.165) is 25.3 Å². The molecule has 2 N–H and O–H groups in total. The molecule has 1 atom stereocenters. The van der Waals surface area contributed by atoms with Crippen LogP contribution < -0.4 is 10.6 Å². The molecule has 1 saturated carbocycles. The number of unbranched alkanes of at least 4 members (excludes halogenated alkanes) is 2. The summed E-state index contributed by atoms with van der Waals surface area (Å²) < 4.78 is 0. The Kier molecular flexibility index (Phi) is 19.3. The van der Waals surface area contributed by atoms with E-state index in [1.54, 1.807) is 0 Å². The van der Waals surface area contributed by atoms with Crippen LogP contribution in [-0.4, -0.2) is 17.9 Å². The van der Waals surface area contributed by atoms with Crippen LogP contribution in [0.25, 0.3) is 0 Å². The Bertz CT molecular complexity index is 366. The largest absolute Gasteiger partial charge is 3.00 e. The second kappa shape index (κ2) is 16.6. The van der Waals surface area contributed by atoms with Gasteiger partial charge in [0.1, 0.15) is 0 Å². The van der Waals surface area contributed by atoms with Crippen LogP contribution in [-0.2, 0) is 31.3 Å². The normalized spacial score (nSPS) is 18.3. The molecule has 0 heterocycles. The van der Waals surface area contributed by atoms with E-state index >= 15 is 0 Å². The van der Waals surface area contributed by atoms with Crippen molar-refractivity contribution in [3.05, 3.63) is 20.9 Å². The summed E-state index contributed by atoms with van der Waals surface area (Å²) >= 11 is 0. The van der Waals surface area contributed by atoms with E-state index in [1.807, 2.05) is 13.8 Å². The first-order valence-corrected chi connectivity index (χ1v) is 9.92. The van der Waals surface area contributed by atoms with Crippen LogP contribution in [0.15, 0.2) is 0 Å². The smallest absolute Gasteiger partial charge is 0.503 e. The molecule has 1 unspecified atom stereocenters. The molecule has 2 amide bonds. The van der Waals surface area contributed by atoms with E-state index in [9.17, 15) is 9.59 Å². The van der Waals surface area contributed by atoms with Gasteiger partial charge in [-0.15, -0.1) is 6.42 Å². The number of carbonyl (C=O) groups is 2. The van der Waals surface area contributed by atoms with Crippen molar-refractivity contribution >= 4 is 11.8 Å². The predicted molar refractivity (Wildman–Crippen MR) is 112 cm³/mol. The van der Waals surface area contributed by atoms with Crippen LogP contribution in [0, 0.1) is 26.3 Å². The van der Waals surface area contributed by atoms with Crippen LogP contribution in [0.2, 0.25) is 0 Å². The summed E-state index contributed by atoms with van der Waals surface area (Å²) in [5.41, 5.74) is 0.228. The molecular formula is C22H43N2O2Ti. The summed E-state index contributed by atoms with van der Waals surface area (Å²) in [6.45, 7) is 8.24. The first-order valence-electron chi connectivity index (χ1n) is 9.92. The van der Waals surface area contributed by atoms with Crippen LogP contribution >= 0.6 is 0 Å². The van der Waals surface area contributed by atoms with Gasteiger partial charge in [-0.3, -0.25) is 9.59 Å². The minimum Gasteiger partial charge on any atom is -0.503 e. The summed E-state index contributed by atoms with van der Waals surface area (Å²) in [6.07, 6.45) is 11.0. The monoisotopic (exact) mass is 415 g/mol. The molecule has 157 valence electrons. The Morgan fingerprint density at radius 3 is 1.93 bits per heavy atom. The van der Waals surface area contributed by atoms with Gasteiger partial charge in [0.15, 0.2) is 5.91 Å². The zero-order chi connectivity index (χ0) is 18.0. The minimum atomic E-state index is 0. The van der Waals surface area contributed by atoms with Crippen molar-refractivity contribution in [3.63, 3.8) is 0 Å². The number of carbonyl (C=O) groups excluding carboxylic acids is 2. The summed E-state index contributed by atoms with van der Waals surface area (Å²) in [7, 11) is 0. The average molecular weight is 415 g/mol. The summed E-state index contributed by atoms with van der Waals surface area (Å²) in [4.78, 5) is 23.8. The maximum Gasteiger partial charge on any atom is 3.00 e. The van der Waals surface area contributed by atoms with Gasteiger partial charge in [-0.2, -0.15) is 6.42 Å². The Hall–Kier alpha value is -0.346. The van der Waals surface area contributed by atoms with Gasteiger partial charge in [0.2, 0.25) is 5.91 Å². The molecule has 4 nitrogen and oxygen atoms in total. The third-order valence-electron chi connectivity index (χ3n) is 5.21. The van der Waals surface area contributed by atoms with Gasteiger partial charge < -0.3 is 25.5 Å². The van der Waals surface area contributed by atoms with Crippen molar-refractivity contribution in [2.75, 3.05) is 0 Å². The van der Waals surface area contributed by atoms with Crippen LogP contribution in [0.4, 0.5) is 0 Å². The SMILES string of the molecule is CCCCC1(CCCC)C[C-](NC(=O)CC)CC(NC(=O)CC)C1.[CH3-].[CH3-].[Ti+3]. The fourth-order valence-corrected chi connectivity index (χ4v) is 3.91. The first kappa shape index (κ1) is 31.4. The van der Waals surface area contributed by atoms with Crippen molar-refractivity contribution < 1.29 is 31.3 Å². The number of hydrogen-bond donors (Lipinski definition) is 2. The number of nitrogens with one attached hydrogen (secondary N) is 2. The van der Waals surface area contributed by atoms with Gasteiger partial charge >= 0.3 is 21.7 Å². The van der Waals surface area contributed by atoms with Gasteiger partial charge in [-0.05, 0) is 19.3 Å². The Morgan fingerprint density at radius 1 is 0.963 bits per heavy atom. The van der Waals surface area contributed by atoms with Gasteiger partial charge in [0, 0.05) is 18.9 Å². The Balaban J connectivity index is -0.00000192. The van der Waals surface area contributed by atoms with Crippen LogP contribution in [0.1, 0.15) is 98.3 Å². The van der Waals surface area contributed by atoms with Gasteiger partial charge in [-0.1, -0.05) is 58.8 Å². The van der Waals surface area contributed by atoms with Crippen molar-refractivity contribution in [2.45, 2.75) is 104 Å². The molecular weight excluding hydrogens is 372 g/mol. The van der Waals surface area contributed by atoms with E-state index in [2.05, 4.69) is 24.5 Å². The molecule has 1 fully saturated rings. The minimum absolute atomic E-state index is 0. The van der Waals surface area contributed by atoms with E-state index in [1.165, 1.54) is 38.5 Å². The standard InChI is InChI=1S/C20H37N2O2.2CH3.Ti/c1-5-9-11-20(12-10-6-2)14-16(21-18(23)7-3)13-17(15-20)22-19(24)8-4;;;/h16H,5-15H2,1-4H3,(H,21,23)(H,22,24);2*1H3;/q3*-1;+3. The van der Waals surface area contributed by atoms with Gasteiger partial charge in [0.05, 0.1) is 0 Å².